The fourth-order valence-corrected chi connectivity index (χ4v) is 2.82. The van der Waals surface area contributed by atoms with E-state index in [1.807, 2.05) is 12.5 Å². The van der Waals surface area contributed by atoms with E-state index in [0.717, 1.165) is 19.6 Å². The topological polar surface area (TPSA) is 29.9 Å². The molecule has 3 rings (SSSR count). The third-order valence-corrected chi connectivity index (χ3v) is 3.91. The van der Waals surface area contributed by atoms with E-state index in [0.29, 0.717) is 5.92 Å². The second-order valence-corrected chi connectivity index (χ2v) is 5.31. The van der Waals surface area contributed by atoms with Crippen molar-refractivity contribution in [2.24, 2.45) is 0 Å². The number of nitrogens with zero attached hydrogens (tertiary/aromatic N) is 2. The molecule has 0 radical (unpaired) electrons. The predicted octanol–water partition coefficient (Wildman–Crippen LogP) is 2.72. The number of imidazole rings is 1. The first kappa shape index (κ1) is 12.4. The number of nitrogens with one attached hydrogen (secondary N) is 1. The molecule has 0 fully saturated rings. The average Bonchev–Trinajstić information content (AvgIpc) is 2.84. The molecule has 3 nitrogen and oxygen atoms in total. The molecule has 1 aliphatic carbocycles. The van der Waals surface area contributed by atoms with E-state index < -0.39 is 0 Å². The molecule has 0 saturated heterocycles. The van der Waals surface area contributed by atoms with Crippen molar-refractivity contribution >= 4 is 0 Å². The maximum Gasteiger partial charge on any atom is 0.0948 e. The maximum atomic E-state index is 4.29. The van der Waals surface area contributed by atoms with Crippen LogP contribution in [-0.2, 0) is 19.5 Å². The fraction of sp³-hybridized carbons (Fsp3) is 0.438. The van der Waals surface area contributed by atoms with E-state index in [1.54, 1.807) is 0 Å². The predicted molar refractivity (Wildman–Crippen MR) is 77.1 cm³/mol. The minimum atomic E-state index is 0.662. The van der Waals surface area contributed by atoms with Crippen molar-refractivity contribution in [3.05, 3.63) is 53.6 Å². The number of hydrogen-bond donors (Lipinski definition) is 1. The Morgan fingerprint density at radius 3 is 3.11 bits per heavy atom. The van der Waals surface area contributed by atoms with Crippen LogP contribution in [0.5, 0.6) is 0 Å². The third kappa shape index (κ3) is 2.56. The van der Waals surface area contributed by atoms with Crippen molar-refractivity contribution in [1.29, 1.82) is 0 Å². The summed E-state index contributed by atoms with van der Waals surface area (Å²) in [6, 6.07) is 8.77. The van der Waals surface area contributed by atoms with Gasteiger partial charge in [0.05, 0.1) is 12.0 Å². The number of aromatic nitrogens is 2. The van der Waals surface area contributed by atoms with Crippen LogP contribution in [0.1, 0.15) is 36.1 Å². The highest BCUT2D eigenvalue weighted by Gasteiger charge is 2.25. The lowest BCUT2D eigenvalue weighted by Crippen LogP contribution is -2.24. The summed E-state index contributed by atoms with van der Waals surface area (Å²) in [7, 11) is 0. The average molecular weight is 255 g/mol. The Morgan fingerprint density at radius 1 is 1.37 bits per heavy atom. The normalized spacial score (nSPS) is 17.0. The van der Waals surface area contributed by atoms with Gasteiger partial charge in [0.1, 0.15) is 0 Å². The van der Waals surface area contributed by atoms with E-state index in [2.05, 4.69) is 46.1 Å². The van der Waals surface area contributed by atoms with Crippen LogP contribution >= 0.6 is 0 Å². The van der Waals surface area contributed by atoms with E-state index in [4.69, 9.17) is 0 Å². The second kappa shape index (κ2) is 5.57. The zero-order valence-corrected chi connectivity index (χ0v) is 11.5. The number of hydrogen-bond acceptors (Lipinski definition) is 2. The van der Waals surface area contributed by atoms with Gasteiger partial charge < -0.3 is 9.88 Å². The van der Waals surface area contributed by atoms with Gasteiger partial charge in [-0.25, -0.2) is 4.98 Å². The molecule has 1 atom stereocenters. The summed E-state index contributed by atoms with van der Waals surface area (Å²) in [6.07, 6.45) is 6.32. The Kier molecular flexibility index (Phi) is 3.65. The summed E-state index contributed by atoms with van der Waals surface area (Å²) in [6.45, 7) is 5.23. The monoisotopic (exact) mass is 255 g/mol. The lowest BCUT2D eigenvalue weighted by molar-refractivity contribution is 0.490. The first-order valence-corrected chi connectivity index (χ1v) is 7.16. The molecule has 1 unspecified atom stereocenters. The quantitative estimate of drug-likeness (QED) is 0.804. The van der Waals surface area contributed by atoms with Crippen LogP contribution in [-0.4, -0.2) is 16.1 Å². The van der Waals surface area contributed by atoms with Crippen LogP contribution < -0.4 is 5.32 Å². The van der Waals surface area contributed by atoms with Gasteiger partial charge in [-0.1, -0.05) is 31.2 Å². The lowest BCUT2D eigenvalue weighted by Gasteiger charge is -2.30. The Bertz CT molecular complexity index is 544. The molecule has 3 heteroatoms. The molecule has 0 aliphatic heterocycles. The van der Waals surface area contributed by atoms with Crippen molar-refractivity contribution < 1.29 is 0 Å². The van der Waals surface area contributed by atoms with Gasteiger partial charge in [0.15, 0.2) is 0 Å². The standard InChI is InChI=1S/C16H21N3/c1-2-7-17-9-15-10-18-12-19(15)11-14-8-13-5-3-4-6-16(13)14/h3-6,10,12,14,17H,2,7-9,11H2,1H3. The van der Waals surface area contributed by atoms with Gasteiger partial charge in [-0.15, -0.1) is 0 Å². The van der Waals surface area contributed by atoms with Gasteiger partial charge in [0.25, 0.3) is 0 Å². The van der Waals surface area contributed by atoms with Gasteiger partial charge in [-0.2, -0.15) is 0 Å². The minimum absolute atomic E-state index is 0.662. The van der Waals surface area contributed by atoms with Crippen LogP contribution in [0.3, 0.4) is 0 Å². The van der Waals surface area contributed by atoms with Gasteiger partial charge in [0.2, 0.25) is 0 Å². The summed E-state index contributed by atoms with van der Waals surface area (Å²) in [5, 5.41) is 3.45. The Hall–Kier alpha value is -1.61. The summed E-state index contributed by atoms with van der Waals surface area (Å²) in [4.78, 5) is 4.29. The Labute approximate surface area is 114 Å². The van der Waals surface area contributed by atoms with Crippen LogP contribution in [0, 0.1) is 0 Å². The highest BCUT2D eigenvalue weighted by molar-refractivity contribution is 5.39. The summed E-state index contributed by atoms with van der Waals surface area (Å²) >= 11 is 0. The molecule has 100 valence electrons. The van der Waals surface area contributed by atoms with Crippen molar-refractivity contribution in [2.75, 3.05) is 6.54 Å². The summed E-state index contributed by atoms with van der Waals surface area (Å²) in [5.41, 5.74) is 4.32. The zero-order chi connectivity index (χ0) is 13.1. The van der Waals surface area contributed by atoms with E-state index in [-0.39, 0.29) is 0 Å². The van der Waals surface area contributed by atoms with Crippen LogP contribution in [0.15, 0.2) is 36.8 Å². The number of benzene rings is 1. The Morgan fingerprint density at radius 2 is 2.26 bits per heavy atom. The molecule has 0 amide bonds. The van der Waals surface area contributed by atoms with Crippen LogP contribution in [0.25, 0.3) is 0 Å². The van der Waals surface area contributed by atoms with Crippen LogP contribution in [0.4, 0.5) is 0 Å². The molecular formula is C16H21N3. The van der Waals surface area contributed by atoms with Gasteiger partial charge in [0, 0.05) is 25.2 Å². The second-order valence-electron chi connectivity index (χ2n) is 5.31. The summed E-state index contributed by atoms with van der Waals surface area (Å²) < 4.78 is 2.29. The number of fused-ring (bicyclic) bond motifs is 1. The van der Waals surface area contributed by atoms with Crippen molar-refractivity contribution in [3.8, 4) is 0 Å². The summed E-state index contributed by atoms with van der Waals surface area (Å²) in [5.74, 6) is 0.662. The molecule has 1 N–H and O–H groups in total. The fourth-order valence-electron chi connectivity index (χ4n) is 2.82. The van der Waals surface area contributed by atoms with Crippen molar-refractivity contribution in [3.63, 3.8) is 0 Å². The minimum Gasteiger partial charge on any atom is -0.333 e. The molecule has 1 aliphatic rings. The first-order valence-electron chi connectivity index (χ1n) is 7.16. The van der Waals surface area contributed by atoms with Crippen molar-refractivity contribution in [1.82, 2.24) is 14.9 Å². The van der Waals surface area contributed by atoms with E-state index >= 15 is 0 Å². The van der Waals surface area contributed by atoms with Gasteiger partial charge in [-0.3, -0.25) is 0 Å². The van der Waals surface area contributed by atoms with Gasteiger partial charge >= 0.3 is 0 Å². The van der Waals surface area contributed by atoms with Crippen molar-refractivity contribution in [2.45, 2.75) is 38.8 Å². The molecule has 1 aromatic heterocycles. The largest absolute Gasteiger partial charge is 0.333 e. The molecule has 0 spiro atoms. The highest BCUT2D eigenvalue weighted by atomic mass is 15.1. The molecule has 0 bridgehead atoms. The molecular weight excluding hydrogens is 234 g/mol. The molecule has 19 heavy (non-hydrogen) atoms. The Balaban J connectivity index is 1.64. The molecule has 1 heterocycles. The highest BCUT2D eigenvalue weighted by Crippen LogP contribution is 2.36. The molecule has 2 aromatic rings. The maximum absolute atomic E-state index is 4.29. The van der Waals surface area contributed by atoms with Crippen LogP contribution in [0.2, 0.25) is 0 Å². The van der Waals surface area contributed by atoms with E-state index in [1.165, 1.54) is 29.7 Å². The SMILES string of the molecule is CCCNCc1cncn1CC1Cc2ccccc21. The molecule has 0 saturated carbocycles. The smallest absolute Gasteiger partial charge is 0.0948 e. The zero-order valence-electron chi connectivity index (χ0n) is 11.5. The third-order valence-electron chi connectivity index (χ3n) is 3.91. The molecule has 1 aromatic carbocycles. The van der Waals surface area contributed by atoms with E-state index in [9.17, 15) is 0 Å². The first-order chi connectivity index (χ1) is 9.38. The van der Waals surface area contributed by atoms with Gasteiger partial charge in [-0.05, 0) is 30.5 Å². The lowest BCUT2D eigenvalue weighted by atomic mass is 9.77. The number of rotatable bonds is 6.